The molecule has 0 spiro atoms. The first-order valence-electron chi connectivity index (χ1n) is 3.09. The van der Waals surface area contributed by atoms with Gasteiger partial charge in [0.25, 0.3) is 0 Å². The molecule has 1 rings (SSSR count). The van der Waals surface area contributed by atoms with Crippen LogP contribution in [0.3, 0.4) is 0 Å². The maximum atomic E-state index is 5.02. The Labute approximate surface area is 75.4 Å². The minimum atomic E-state index is 0.167. The van der Waals surface area contributed by atoms with Crippen molar-refractivity contribution in [2.75, 3.05) is 0 Å². The van der Waals surface area contributed by atoms with Crippen LogP contribution in [0.5, 0.6) is 6.01 Å². The van der Waals surface area contributed by atoms with Gasteiger partial charge in [0.05, 0.1) is 0 Å². The maximum absolute atomic E-state index is 5.02. The normalized spacial score (nSPS) is 9.08. The summed E-state index contributed by atoms with van der Waals surface area (Å²) in [4.78, 5) is 11.2. The van der Waals surface area contributed by atoms with E-state index in [1.807, 2.05) is 0 Å². The third-order valence-electron chi connectivity index (χ3n) is 0.987. The molecule has 5 heteroatoms. The molecule has 0 aliphatic carbocycles. The van der Waals surface area contributed by atoms with E-state index < -0.39 is 0 Å². The van der Waals surface area contributed by atoms with Crippen molar-refractivity contribution in [1.82, 2.24) is 15.0 Å². The molecule has 0 unspecified atom stereocenters. The SMILES string of the molecule is C=CC(=C)Oc1ncnc(S)n1. The third kappa shape index (κ3) is 2.35. The zero-order valence-electron chi connectivity index (χ0n) is 6.27. The minimum absolute atomic E-state index is 0.167. The summed E-state index contributed by atoms with van der Waals surface area (Å²) in [5, 5.41) is 0.303. The number of allylic oxidation sites excluding steroid dienone is 1. The number of aromatic nitrogens is 3. The molecule has 0 saturated carbocycles. The standard InChI is InChI=1S/C7H7N3OS/c1-3-5(2)11-6-8-4-9-7(12)10-6/h3-4H,1-2H2,(H,8,9,10,12). The first-order valence-corrected chi connectivity index (χ1v) is 3.54. The number of hydrogen-bond acceptors (Lipinski definition) is 5. The first kappa shape index (κ1) is 8.73. The Morgan fingerprint density at radius 2 is 2.33 bits per heavy atom. The minimum Gasteiger partial charge on any atom is -0.425 e. The highest BCUT2D eigenvalue weighted by Gasteiger charge is 1.98. The molecule has 0 radical (unpaired) electrons. The molecule has 0 atom stereocenters. The summed E-state index contributed by atoms with van der Waals surface area (Å²) in [6.07, 6.45) is 2.77. The fourth-order valence-electron chi connectivity index (χ4n) is 0.481. The number of hydrogen-bond donors (Lipinski definition) is 1. The van der Waals surface area contributed by atoms with Gasteiger partial charge in [0.15, 0.2) is 5.16 Å². The van der Waals surface area contributed by atoms with E-state index in [-0.39, 0.29) is 6.01 Å². The van der Waals surface area contributed by atoms with Crippen LogP contribution in [0.2, 0.25) is 0 Å². The lowest BCUT2D eigenvalue weighted by Gasteiger charge is -2.00. The molecule has 0 aliphatic rings. The van der Waals surface area contributed by atoms with Crippen molar-refractivity contribution in [1.29, 1.82) is 0 Å². The molecule has 1 aromatic rings. The second-order valence-corrected chi connectivity index (χ2v) is 2.24. The van der Waals surface area contributed by atoms with Gasteiger partial charge in [-0.25, -0.2) is 4.98 Å². The summed E-state index contributed by atoms with van der Waals surface area (Å²) >= 11 is 3.91. The second kappa shape index (κ2) is 3.87. The summed E-state index contributed by atoms with van der Waals surface area (Å²) < 4.78 is 5.02. The fourth-order valence-corrected chi connectivity index (χ4v) is 0.618. The van der Waals surface area contributed by atoms with Gasteiger partial charge in [-0.2, -0.15) is 9.97 Å². The summed E-state index contributed by atoms with van der Waals surface area (Å²) in [5.41, 5.74) is 0. The average molecular weight is 181 g/mol. The van der Waals surface area contributed by atoms with E-state index in [1.54, 1.807) is 0 Å². The highest BCUT2D eigenvalue weighted by molar-refractivity contribution is 7.80. The van der Waals surface area contributed by atoms with Gasteiger partial charge in [-0.15, -0.1) is 12.6 Å². The molecule has 0 amide bonds. The number of nitrogens with zero attached hydrogens (tertiary/aromatic N) is 3. The Bertz CT molecular complexity index is 313. The predicted molar refractivity (Wildman–Crippen MR) is 47.0 cm³/mol. The van der Waals surface area contributed by atoms with E-state index in [9.17, 15) is 0 Å². The lowest BCUT2D eigenvalue weighted by molar-refractivity contribution is 0.402. The van der Waals surface area contributed by atoms with Crippen molar-refractivity contribution in [2.24, 2.45) is 0 Å². The summed E-state index contributed by atoms with van der Waals surface area (Å²) in [7, 11) is 0. The van der Waals surface area contributed by atoms with Crippen molar-refractivity contribution in [3.8, 4) is 6.01 Å². The van der Waals surface area contributed by atoms with Crippen molar-refractivity contribution in [3.63, 3.8) is 0 Å². The monoisotopic (exact) mass is 181 g/mol. The van der Waals surface area contributed by atoms with E-state index in [0.717, 1.165) is 0 Å². The van der Waals surface area contributed by atoms with Crippen LogP contribution in [-0.4, -0.2) is 15.0 Å². The zero-order valence-corrected chi connectivity index (χ0v) is 7.16. The maximum Gasteiger partial charge on any atom is 0.325 e. The van der Waals surface area contributed by atoms with Gasteiger partial charge in [-0.05, 0) is 6.08 Å². The Morgan fingerprint density at radius 1 is 1.58 bits per heavy atom. The van der Waals surface area contributed by atoms with Gasteiger partial charge in [-0.3, -0.25) is 0 Å². The van der Waals surface area contributed by atoms with E-state index >= 15 is 0 Å². The smallest absolute Gasteiger partial charge is 0.325 e. The Kier molecular flexibility index (Phi) is 2.82. The van der Waals surface area contributed by atoms with Gasteiger partial charge in [-0.1, -0.05) is 13.2 Å². The lowest BCUT2D eigenvalue weighted by Crippen LogP contribution is -1.97. The molecule has 0 N–H and O–H groups in total. The van der Waals surface area contributed by atoms with Crippen LogP contribution in [0, 0.1) is 0 Å². The summed E-state index contributed by atoms with van der Waals surface area (Å²) in [6.45, 7) is 7.00. The molecule has 4 nitrogen and oxygen atoms in total. The number of thiol groups is 1. The van der Waals surface area contributed by atoms with Crippen molar-refractivity contribution in [3.05, 3.63) is 31.3 Å². The highest BCUT2D eigenvalue weighted by Crippen LogP contribution is 2.06. The molecule has 0 bridgehead atoms. The van der Waals surface area contributed by atoms with Gasteiger partial charge >= 0.3 is 6.01 Å². The lowest BCUT2D eigenvalue weighted by atomic mass is 10.6. The largest absolute Gasteiger partial charge is 0.425 e. The Morgan fingerprint density at radius 3 is 2.92 bits per heavy atom. The summed E-state index contributed by atoms with van der Waals surface area (Å²) in [5.74, 6) is 0.383. The number of ether oxygens (including phenoxy) is 1. The summed E-state index contributed by atoms with van der Waals surface area (Å²) in [6, 6.07) is 0.167. The second-order valence-electron chi connectivity index (χ2n) is 1.84. The van der Waals surface area contributed by atoms with Gasteiger partial charge < -0.3 is 4.74 Å². The molecule has 12 heavy (non-hydrogen) atoms. The molecule has 0 saturated heterocycles. The third-order valence-corrected chi connectivity index (χ3v) is 1.20. The van der Waals surface area contributed by atoms with Crippen LogP contribution < -0.4 is 4.74 Å². The average Bonchev–Trinajstić information content (AvgIpc) is 2.04. The van der Waals surface area contributed by atoms with Crippen molar-refractivity contribution < 1.29 is 4.74 Å². The molecule has 1 heterocycles. The van der Waals surface area contributed by atoms with Crippen LogP contribution in [0.15, 0.2) is 36.5 Å². The molecular weight excluding hydrogens is 174 g/mol. The van der Waals surface area contributed by atoms with Crippen LogP contribution >= 0.6 is 12.6 Å². The topological polar surface area (TPSA) is 47.9 Å². The molecule has 0 aromatic carbocycles. The van der Waals surface area contributed by atoms with Gasteiger partial charge in [0.2, 0.25) is 0 Å². The molecule has 62 valence electrons. The first-order chi connectivity index (χ1) is 5.72. The van der Waals surface area contributed by atoms with E-state index in [4.69, 9.17) is 4.74 Å². The van der Waals surface area contributed by atoms with Crippen molar-refractivity contribution >= 4 is 12.6 Å². The quantitative estimate of drug-likeness (QED) is 0.433. The van der Waals surface area contributed by atoms with Crippen LogP contribution in [-0.2, 0) is 0 Å². The molecular formula is C7H7N3OS. The number of rotatable bonds is 3. The van der Waals surface area contributed by atoms with E-state index in [1.165, 1.54) is 12.4 Å². The van der Waals surface area contributed by atoms with E-state index in [2.05, 4.69) is 40.7 Å². The predicted octanol–water partition coefficient (Wildman–Crippen LogP) is 1.24. The van der Waals surface area contributed by atoms with Gasteiger partial charge in [0, 0.05) is 0 Å². The van der Waals surface area contributed by atoms with Crippen LogP contribution in [0.1, 0.15) is 0 Å². The van der Waals surface area contributed by atoms with Crippen LogP contribution in [0.25, 0.3) is 0 Å². The van der Waals surface area contributed by atoms with Gasteiger partial charge in [0.1, 0.15) is 12.1 Å². The van der Waals surface area contributed by atoms with E-state index in [0.29, 0.717) is 10.9 Å². The molecule has 0 fully saturated rings. The fraction of sp³-hybridized carbons (Fsp3) is 0. The Hall–Kier alpha value is -1.36. The van der Waals surface area contributed by atoms with Crippen LogP contribution in [0.4, 0.5) is 0 Å². The molecule has 0 aliphatic heterocycles. The molecule has 1 aromatic heterocycles. The Balaban J connectivity index is 2.76. The zero-order chi connectivity index (χ0) is 8.97. The van der Waals surface area contributed by atoms with Crippen molar-refractivity contribution in [2.45, 2.75) is 5.16 Å². The highest BCUT2D eigenvalue weighted by atomic mass is 32.1.